The fourth-order valence-corrected chi connectivity index (χ4v) is 10.5. The second-order valence-electron chi connectivity index (χ2n) is 26.8. The van der Waals surface area contributed by atoms with Gasteiger partial charge in [0, 0.05) is 26.2 Å². The quantitative estimate of drug-likeness (QED) is 0.0155. The van der Waals surface area contributed by atoms with Gasteiger partial charge in [0.25, 0.3) is 0 Å². The summed E-state index contributed by atoms with van der Waals surface area (Å²) in [7, 11) is 1.61. The van der Waals surface area contributed by atoms with E-state index in [4.69, 9.17) is 56.0 Å². The number of hydrogen-bond acceptors (Lipinski definition) is 18. The van der Waals surface area contributed by atoms with Crippen LogP contribution in [0.5, 0.6) is 0 Å². The van der Waals surface area contributed by atoms with Crippen LogP contribution < -0.4 is 114 Å². The number of likely N-dealkylation sites (N-methyl/N-ethyl adjacent to an activating group) is 1. The van der Waals surface area contributed by atoms with Gasteiger partial charge in [-0.1, -0.05) is 82.1 Å². The molecule has 0 aromatic heterocycles. The zero-order valence-electron chi connectivity index (χ0n) is 61.2. The van der Waals surface area contributed by atoms with Crippen molar-refractivity contribution in [1.29, 1.82) is 21.6 Å². The van der Waals surface area contributed by atoms with E-state index in [1.807, 2.05) is 20.8 Å². The number of aliphatic hydroxyl groups excluding tert-OH is 1. The minimum absolute atomic E-state index is 0.00869. The Bertz CT molecular complexity index is 2670. The van der Waals surface area contributed by atoms with E-state index in [-0.39, 0.29) is 139 Å². The number of aliphatic hydroxyl groups is 1. The Hall–Kier alpha value is -8.87. The standard InChI is InChI=1S/C64H125N25O12/c1-12-37(9)48(50(66)91)88-60(101)49(38(10)13-2)89-59(100)47(33-90)87-58(99)46(32-36(7)8)86-57(98)45(31-35(5)6)85-55(96)43(24-19-29-79-64(73)74)83-53(94)41(22-17-27-77-62(69)70)82-52(93)40(21-16-26-76-61(67)68)81-51(92)39(20-14-15-25-65)80-54(95)42(23-18-28-78-63(71)72)84-56(97)44(75-11)30-34(3)4/h34-49,75,90H,12-33,65H2,1-11H3,(H2,66,91)(H,80,95)(H,81,92)(H,82,93)(H,83,94)(H,84,97)(H,85,96)(H,86,98)(H,87,99)(H,88,101)(H,89,100)(H4,67,68,76)(H4,69,70,77)(H4,71,72,78)(H4,73,74,79)/t37-,38-,39-,40-,41-,42-,43-,44-,45-,46-,47-,48?,49-/m0/s1. The SMILES string of the molecule is CC[C@H](C)C(NC(=O)[C@@H](NC(=O)[C@H](CO)NC(=O)[C@H](CC(C)C)NC(=O)[C@H](CC(C)C)NC(=O)[C@H](CCCNC(=N)N)NC(=O)[C@H](CCCNC(=N)N)NC(=O)[C@H](CCCNC(=N)N)NC(=O)[C@H](CCCCN)NC(=O)[C@H](CCCNC(=N)N)NC(=O)[C@H](CC(C)C)NC)[C@@H](C)CC)C(N)=O. The summed E-state index contributed by atoms with van der Waals surface area (Å²) >= 11 is 0. The Morgan fingerprint density at radius 2 is 0.584 bits per heavy atom. The summed E-state index contributed by atoms with van der Waals surface area (Å²) in [5, 5.41) is 81.5. The minimum Gasteiger partial charge on any atom is -0.394 e. The number of nitrogens with two attached hydrogens (primary N) is 6. The zero-order chi connectivity index (χ0) is 77.1. The third-order valence-electron chi connectivity index (χ3n) is 16.5. The lowest BCUT2D eigenvalue weighted by atomic mass is 9.95. The maximum atomic E-state index is 14.8. The molecule has 37 nitrogen and oxygen atoms in total. The van der Waals surface area contributed by atoms with E-state index < -0.39 is 156 Å². The van der Waals surface area contributed by atoms with E-state index in [2.05, 4.69) is 79.8 Å². The molecular formula is C64H125N25O12. The second kappa shape index (κ2) is 50.5. The first-order valence-electron chi connectivity index (χ1n) is 35.1. The van der Waals surface area contributed by atoms with Crippen molar-refractivity contribution in [3.05, 3.63) is 0 Å². The molecule has 0 aromatic rings. The first-order chi connectivity index (χ1) is 47.5. The van der Waals surface area contributed by atoms with Crippen LogP contribution in [0.25, 0.3) is 0 Å². The van der Waals surface area contributed by atoms with Crippen molar-refractivity contribution >= 4 is 88.8 Å². The van der Waals surface area contributed by atoms with Crippen molar-refractivity contribution < 1.29 is 57.8 Å². The number of rotatable bonds is 53. The highest BCUT2D eigenvalue weighted by Crippen LogP contribution is 2.16. The van der Waals surface area contributed by atoms with Gasteiger partial charge in [0.1, 0.15) is 60.4 Å². The molecule has 0 aromatic carbocycles. The average Bonchev–Trinajstić information content (AvgIpc) is 0.861. The number of hydrogen-bond donors (Lipinski definition) is 26. The molecule has 578 valence electrons. The molecule has 0 rings (SSSR count). The monoisotopic (exact) mass is 1440 g/mol. The van der Waals surface area contributed by atoms with Gasteiger partial charge < -0.3 is 119 Å². The molecule has 0 fully saturated rings. The van der Waals surface area contributed by atoms with E-state index in [1.165, 1.54) is 0 Å². The summed E-state index contributed by atoms with van der Waals surface area (Å²) in [6, 6.07) is -14.3. The maximum Gasteiger partial charge on any atom is 0.245 e. The third-order valence-corrected chi connectivity index (χ3v) is 16.5. The van der Waals surface area contributed by atoms with Crippen molar-refractivity contribution in [3.8, 4) is 0 Å². The lowest BCUT2D eigenvalue weighted by molar-refractivity contribution is -0.137. The van der Waals surface area contributed by atoms with Gasteiger partial charge in [-0.25, -0.2) is 0 Å². The molecule has 0 aliphatic heterocycles. The highest BCUT2D eigenvalue weighted by molar-refractivity contribution is 5.99. The summed E-state index contributed by atoms with van der Waals surface area (Å²) < 4.78 is 0. The van der Waals surface area contributed by atoms with Crippen LogP contribution in [0.3, 0.4) is 0 Å². The van der Waals surface area contributed by atoms with Gasteiger partial charge in [0.2, 0.25) is 65.0 Å². The largest absolute Gasteiger partial charge is 0.394 e. The molecule has 37 heteroatoms. The molecule has 0 radical (unpaired) electrons. The Kier molecular flexibility index (Phi) is 46.0. The van der Waals surface area contributed by atoms with Crippen LogP contribution in [0, 0.1) is 51.2 Å². The number of carbonyl (C=O) groups excluding carboxylic acids is 11. The molecule has 32 N–H and O–H groups in total. The molecule has 0 heterocycles. The highest BCUT2D eigenvalue weighted by Gasteiger charge is 2.38. The van der Waals surface area contributed by atoms with Crippen LogP contribution in [-0.4, -0.2) is 207 Å². The number of unbranched alkanes of at least 4 members (excludes halogenated alkanes) is 1. The molecule has 13 atom stereocenters. The van der Waals surface area contributed by atoms with Crippen LogP contribution in [0.2, 0.25) is 0 Å². The summed E-state index contributed by atoms with van der Waals surface area (Å²) in [6.07, 6.45) is 2.25. The molecule has 0 saturated heterocycles. The summed E-state index contributed by atoms with van der Waals surface area (Å²) in [5.41, 5.74) is 33.6. The summed E-state index contributed by atoms with van der Waals surface area (Å²) in [5.74, 6) is -11.7. The van der Waals surface area contributed by atoms with Gasteiger partial charge in [-0.15, -0.1) is 0 Å². The molecule has 0 saturated carbocycles. The molecule has 11 amide bonds. The first-order valence-corrected chi connectivity index (χ1v) is 35.1. The summed E-state index contributed by atoms with van der Waals surface area (Å²) in [6.45, 7) is 17.5. The van der Waals surface area contributed by atoms with Crippen LogP contribution in [0.1, 0.15) is 172 Å². The Morgan fingerprint density at radius 1 is 0.337 bits per heavy atom. The predicted molar refractivity (Wildman–Crippen MR) is 385 cm³/mol. The predicted octanol–water partition coefficient (Wildman–Crippen LogP) is -4.69. The number of guanidine groups is 4. The van der Waals surface area contributed by atoms with Crippen molar-refractivity contribution in [2.24, 2.45) is 64.0 Å². The van der Waals surface area contributed by atoms with Gasteiger partial charge in [-0.3, -0.25) is 74.4 Å². The number of carbonyl (C=O) groups is 11. The molecule has 1 unspecified atom stereocenters. The summed E-state index contributed by atoms with van der Waals surface area (Å²) in [4.78, 5) is 155. The lowest BCUT2D eigenvalue weighted by Crippen LogP contribution is -2.62. The van der Waals surface area contributed by atoms with Crippen LogP contribution in [-0.2, 0) is 52.7 Å². The molecule has 0 spiro atoms. The van der Waals surface area contributed by atoms with Crippen molar-refractivity contribution in [2.45, 2.75) is 238 Å². The van der Waals surface area contributed by atoms with Gasteiger partial charge in [0.05, 0.1) is 12.6 Å². The molecule has 0 aliphatic carbocycles. The van der Waals surface area contributed by atoms with Crippen molar-refractivity contribution in [1.82, 2.24) is 79.8 Å². The Labute approximate surface area is 594 Å². The topological polar surface area (TPSA) is 640 Å². The Balaban J connectivity index is 7.48. The maximum absolute atomic E-state index is 14.8. The number of primary amides is 1. The van der Waals surface area contributed by atoms with E-state index in [0.717, 1.165) is 0 Å². The van der Waals surface area contributed by atoms with Gasteiger partial charge in [0.15, 0.2) is 23.8 Å². The first kappa shape index (κ1) is 92.1. The average molecular weight is 1440 g/mol. The van der Waals surface area contributed by atoms with Gasteiger partial charge in [-0.2, -0.15) is 0 Å². The van der Waals surface area contributed by atoms with E-state index in [1.54, 1.807) is 55.5 Å². The van der Waals surface area contributed by atoms with Gasteiger partial charge >= 0.3 is 0 Å². The molecule has 101 heavy (non-hydrogen) atoms. The molecular weight excluding hydrogens is 1310 g/mol. The number of amides is 11. The fraction of sp³-hybridized carbons (Fsp3) is 0.766. The van der Waals surface area contributed by atoms with Gasteiger partial charge in [-0.05, 0) is 133 Å². The molecule has 0 bridgehead atoms. The van der Waals surface area contributed by atoms with E-state index >= 15 is 0 Å². The minimum atomic E-state index is -1.64. The second-order valence-corrected chi connectivity index (χ2v) is 26.8. The lowest BCUT2D eigenvalue weighted by Gasteiger charge is -2.30. The van der Waals surface area contributed by atoms with Crippen molar-refractivity contribution in [3.63, 3.8) is 0 Å². The highest BCUT2D eigenvalue weighted by atomic mass is 16.3. The van der Waals surface area contributed by atoms with Crippen LogP contribution in [0.15, 0.2) is 0 Å². The molecule has 0 aliphatic rings. The zero-order valence-corrected chi connectivity index (χ0v) is 61.2. The third kappa shape index (κ3) is 39.1. The smallest absolute Gasteiger partial charge is 0.245 e. The number of nitrogens with one attached hydrogen (secondary N) is 19. The fourth-order valence-electron chi connectivity index (χ4n) is 10.5. The van der Waals surface area contributed by atoms with Crippen LogP contribution in [0.4, 0.5) is 0 Å². The van der Waals surface area contributed by atoms with Crippen LogP contribution >= 0.6 is 0 Å². The van der Waals surface area contributed by atoms with E-state index in [9.17, 15) is 57.8 Å². The van der Waals surface area contributed by atoms with E-state index in [0.29, 0.717) is 32.1 Å². The normalized spacial score (nSPS) is 15.0. The Morgan fingerprint density at radius 3 is 0.851 bits per heavy atom. The van der Waals surface area contributed by atoms with Crippen molar-refractivity contribution in [2.75, 3.05) is 46.4 Å².